The van der Waals surface area contributed by atoms with Crippen LogP contribution in [0.2, 0.25) is 0 Å². The van der Waals surface area contributed by atoms with E-state index in [4.69, 9.17) is 0 Å². The molecule has 86 valence electrons. The third-order valence-electron chi connectivity index (χ3n) is 3.43. The van der Waals surface area contributed by atoms with Gasteiger partial charge in [-0.1, -0.05) is 11.9 Å². The lowest BCUT2D eigenvalue weighted by Gasteiger charge is -2.18. The molecule has 0 aromatic carbocycles. The molecule has 2 aliphatic rings. The number of halogens is 1. The van der Waals surface area contributed by atoms with Crippen LogP contribution in [0.5, 0.6) is 0 Å². The van der Waals surface area contributed by atoms with Crippen molar-refractivity contribution in [2.45, 2.75) is 32.4 Å². The highest BCUT2D eigenvalue weighted by atomic mass is 32.2. The van der Waals surface area contributed by atoms with E-state index in [9.17, 15) is 9.18 Å². The van der Waals surface area contributed by atoms with Crippen LogP contribution in [-0.4, -0.2) is 21.0 Å². The van der Waals surface area contributed by atoms with E-state index in [0.717, 1.165) is 37.1 Å². The van der Waals surface area contributed by atoms with Crippen LogP contribution in [-0.2, 0) is 19.5 Å². The second kappa shape index (κ2) is 3.52. The molecule has 0 saturated carbocycles. The lowest BCUT2D eigenvalue weighted by Crippen LogP contribution is -2.19. The van der Waals surface area contributed by atoms with E-state index in [1.165, 1.54) is 11.9 Å². The smallest absolute Gasteiger partial charge is 0.269 e. The SMILES string of the molecule is CSN1Cc2c(c(F)n3c2CCCC3)C1=O. The topological polar surface area (TPSA) is 25.2 Å². The number of carbonyl (C=O) groups is 1. The average Bonchev–Trinajstić information content (AvgIpc) is 2.78. The minimum Gasteiger partial charge on any atom is -0.321 e. The number of fused-ring (bicyclic) bond motifs is 3. The number of rotatable bonds is 1. The first kappa shape index (κ1) is 10.2. The van der Waals surface area contributed by atoms with Crippen LogP contribution in [0.4, 0.5) is 4.39 Å². The lowest BCUT2D eigenvalue weighted by atomic mass is 10.1. The summed E-state index contributed by atoms with van der Waals surface area (Å²) in [6.45, 7) is 1.29. The fourth-order valence-electron chi connectivity index (χ4n) is 2.64. The maximum atomic E-state index is 14.1. The molecule has 1 aromatic rings. The molecule has 3 nitrogen and oxygen atoms in total. The predicted octanol–water partition coefficient (Wildman–Crippen LogP) is 2.20. The molecule has 0 radical (unpaired) electrons. The summed E-state index contributed by atoms with van der Waals surface area (Å²) in [6.07, 6.45) is 4.87. The Bertz CT molecular complexity index is 469. The highest BCUT2D eigenvalue weighted by Crippen LogP contribution is 2.35. The monoisotopic (exact) mass is 240 g/mol. The van der Waals surface area contributed by atoms with Gasteiger partial charge in [0.1, 0.15) is 5.56 Å². The Morgan fingerprint density at radius 3 is 2.94 bits per heavy atom. The van der Waals surface area contributed by atoms with Crippen LogP contribution in [0, 0.1) is 5.95 Å². The van der Waals surface area contributed by atoms with Crippen LogP contribution < -0.4 is 0 Å². The van der Waals surface area contributed by atoms with Gasteiger partial charge in [0.15, 0.2) is 0 Å². The highest BCUT2D eigenvalue weighted by molar-refractivity contribution is 7.96. The Hall–Kier alpha value is -0.970. The van der Waals surface area contributed by atoms with E-state index >= 15 is 0 Å². The number of carbonyl (C=O) groups excluding carboxylic acids is 1. The highest BCUT2D eigenvalue weighted by Gasteiger charge is 2.37. The normalized spacial score (nSPS) is 18.9. The summed E-state index contributed by atoms with van der Waals surface area (Å²) in [5.74, 6) is -0.479. The zero-order valence-electron chi connectivity index (χ0n) is 9.12. The van der Waals surface area contributed by atoms with E-state index < -0.39 is 0 Å². The summed E-state index contributed by atoms with van der Waals surface area (Å²) in [7, 11) is 0. The van der Waals surface area contributed by atoms with Gasteiger partial charge in [-0.25, -0.2) is 0 Å². The van der Waals surface area contributed by atoms with Crippen LogP contribution in [0.1, 0.15) is 34.5 Å². The van der Waals surface area contributed by atoms with Gasteiger partial charge < -0.3 is 4.57 Å². The molecule has 1 aromatic heterocycles. The second-order valence-electron chi connectivity index (χ2n) is 4.22. The van der Waals surface area contributed by atoms with E-state index in [0.29, 0.717) is 12.1 Å². The van der Waals surface area contributed by atoms with Gasteiger partial charge >= 0.3 is 0 Å². The number of hydrogen-bond donors (Lipinski definition) is 0. The predicted molar refractivity (Wildman–Crippen MR) is 60.7 cm³/mol. The van der Waals surface area contributed by atoms with Gasteiger partial charge in [0.05, 0.1) is 6.54 Å². The van der Waals surface area contributed by atoms with Gasteiger partial charge in [0.2, 0.25) is 5.95 Å². The van der Waals surface area contributed by atoms with Crippen molar-refractivity contribution in [2.75, 3.05) is 6.26 Å². The third kappa shape index (κ3) is 1.18. The van der Waals surface area contributed by atoms with E-state index in [1.807, 2.05) is 6.26 Å². The maximum absolute atomic E-state index is 14.1. The largest absolute Gasteiger partial charge is 0.321 e. The maximum Gasteiger partial charge on any atom is 0.269 e. The van der Waals surface area contributed by atoms with Crippen molar-refractivity contribution in [1.29, 1.82) is 0 Å². The number of nitrogens with zero attached hydrogens (tertiary/aromatic N) is 2. The number of hydrogen-bond acceptors (Lipinski definition) is 2. The van der Waals surface area contributed by atoms with Crippen molar-refractivity contribution in [3.8, 4) is 0 Å². The summed E-state index contributed by atoms with van der Waals surface area (Å²) in [5, 5.41) is 0. The minimum absolute atomic E-state index is 0.165. The summed E-state index contributed by atoms with van der Waals surface area (Å²) in [6, 6.07) is 0. The molecule has 2 aliphatic heterocycles. The average molecular weight is 240 g/mol. The zero-order valence-corrected chi connectivity index (χ0v) is 9.94. The summed E-state index contributed by atoms with van der Waals surface area (Å²) < 4.78 is 17.4. The standard InChI is InChI=1S/C11H13FN2OS/c1-16-14-6-7-8-4-2-3-5-13(8)10(12)9(7)11(14)15/h2-6H2,1H3. The summed E-state index contributed by atoms with van der Waals surface area (Å²) >= 11 is 1.37. The first-order valence-corrected chi connectivity index (χ1v) is 6.68. The van der Waals surface area contributed by atoms with Crippen LogP contribution in [0.25, 0.3) is 0 Å². The lowest BCUT2D eigenvalue weighted by molar-refractivity contribution is 0.0884. The van der Waals surface area contributed by atoms with Crippen molar-refractivity contribution in [1.82, 2.24) is 8.87 Å². The quantitative estimate of drug-likeness (QED) is 0.703. The Labute approximate surface area is 97.7 Å². The fraction of sp³-hybridized carbons (Fsp3) is 0.545. The molecule has 0 aliphatic carbocycles. The Morgan fingerprint density at radius 2 is 2.19 bits per heavy atom. The molecule has 16 heavy (non-hydrogen) atoms. The zero-order chi connectivity index (χ0) is 11.3. The number of aromatic nitrogens is 1. The molecule has 0 bridgehead atoms. The molecule has 5 heteroatoms. The van der Waals surface area contributed by atoms with E-state index in [2.05, 4.69) is 0 Å². The van der Waals surface area contributed by atoms with Crippen molar-refractivity contribution in [3.05, 3.63) is 22.8 Å². The van der Waals surface area contributed by atoms with Gasteiger partial charge in [0, 0.05) is 24.1 Å². The Balaban J connectivity index is 2.14. The minimum atomic E-state index is -0.314. The Morgan fingerprint density at radius 1 is 1.38 bits per heavy atom. The molecule has 0 fully saturated rings. The Kier molecular flexibility index (Phi) is 2.24. The summed E-state index contributed by atoms with van der Waals surface area (Å²) in [5.41, 5.74) is 2.30. The molecule has 0 saturated heterocycles. The van der Waals surface area contributed by atoms with E-state index in [-0.39, 0.29) is 11.9 Å². The van der Waals surface area contributed by atoms with Crippen LogP contribution in [0.15, 0.2) is 0 Å². The molecule has 0 unspecified atom stereocenters. The first-order chi connectivity index (χ1) is 7.74. The first-order valence-electron chi connectivity index (χ1n) is 5.49. The molecule has 0 atom stereocenters. The van der Waals surface area contributed by atoms with Crippen molar-refractivity contribution in [3.63, 3.8) is 0 Å². The van der Waals surface area contributed by atoms with Gasteiger partial charge in [-0.2, -0.15) is 4.39 Å². The van der Waals surface area contributed by atoms with Crippen molar-refractivity contribution < 1.29 is 9.18 Å². The van der Waals surface area contributed by atoms with Gasteiger partial charge in [-0.3, -0.25) is 9.10 Å². The molecular weight excluding hydrogens is 227 g/mol. The molecule has 1 amide bonds. The second-order valence-corrected chi connectivity index (χ2v) is 5.03. The van der Waals surface area contributed by atoms with Gasteiger partial charge in [0.25, 0.3) is 5.91 Å². The van der Waals surface area contributed by atoms with Crippen LogP contribution in [0.3, 0.4) is 0 Å². The van der Waals surface area contributed by atoms with E-state index in [1.54, 1.807) is 8.87 Å². The van der Waals surface area contributed by atoms with Crippen molar-refractivity contribution in [2.24, 2.45) is 0 Å². The molecule has 0 N–H and O–H groups in total. The van der Waals surface area contributed by atoms with Crippen molar-refractivity contribution >= 4 is 17.9 Å². The van der Waals surface area contributed by atoms with Gasteiger partial charge in [-0.05, 0) is 19.3 Å². The fourth-order valence-corrected chi connectivity index (χ4v) is 3.16. The van der Waals surface area contributed by atoms with Gasteiger partial charge in [-0.15, -0.1) is 0 Å². The molecule has 3 rings (SSSR count). The molecular formula is C11H13FN2OS. The molecule has 3 heterocycles. The summed E-state index contributed by atoms with van der Waals surface area (Å²) in [4.78, 5) is 11.9. The number of amides is 1. The third-order valence-corrected chi connectivity index (χ3v) is 4.16. The molecule has 0 spiro atoms. The van der Waals surface area contributed by atoms with Crippen LogP contribution >= 0.6 is 11.9 Å².